The minimum atomic E-state index is -2.46. The number of anilines is 1. The van der Waals surface area contributed by atoms with Crippen LogP contribution in [0.25, 0.3) is 0 Å². The van der Waals surface area contributed by atoms with Gasteiger partial charge < -0.3 is 15.0 Å². The summed E-state index contributed by atoms with van der Waals surface area (Å²) in [4.78, 5) is 11.5. The number of nitrogens with zero attached hydrogens (tertiary/aromatic N) is 3. The highest BCUT2D eigenvalue weighted by atomic mass is 19.3. The van der Waals surface area contributed by atoms with Gasteiger partial charge >= 0.3 is 0 Å². The van der Waals surface area contributed by atoms with E-state index in [2.05, 4.69) is 15.2 Å². The van der Waals surface area contributed by atoms with Gasteiger partial charge in [0, 0.05) is 69.0 Å². The third-order valence-corrected chi connectivity index (χ3v) is 5.96. The van der Waals surface area contributed by atoms with Gasteiger partial charge in [0.25, 0.3) is 0 Å². The minimum Gasteiger partial charge on any atom is -0.381 e. The van der Waals surface area contributed by atoms with Crippen LogP contribution in [0, 0.1) is 0 Å². The molecule has 3 heterocycles. The third-order valence-electron chi connectivity index (χ3n) is 5.96. The summed E-state index contributed by atoms with van der Waals surface area (Å²) in [5.41, 5.74) is 1.12. The maximum absolute atomic E-state index is 13.3. The summed E-state index contributed by atoms with van der Waals surface area (Å²) in [7, 11) is 0. The second kappa shape index (κ2) is 7.72. The fourth-order valence-electron chi connectivity index (χ4n) is 4.35. The van der Waals surface area contributed by atoms with Gasteiger partial charge in [0.05, 0.1) is 0 Å². The van der Waals surface area contributed by atoms with Crippen LogP contribution in [0.15, 0.2) is 12.3 Å². The normalized spacial score (nSPS) is 27.8. The van der Waals surface area contributed by atoms with E-state index >= 15 is 0 Å². The number of hydrogen-bond acceptors (Lipinski definition) is 5. The molecule has 2 aliphatic heterocycles. The van der Waals surface area contributed by atoms with Gasteiger partial charge in [-0.05, 0) is 38.2 Å². The third kappa shape index (κ3) is 4.31. The molecule has 1 unspecified atom stereocenters. The zero-order valence-corrected chi connectivity index (χ0v) is 15.2. The average molecular weight is 366 g/mol. The standard InChI is InChI=1S/C19H28F2N4O/c20-19(21)7-1-15(2-8-19)23-16-4-10-25(13-16)18-22-9-3-17(24-18)14-5-11-26-12-6-14/h3,9,14-16,23H,1-2,4-8,10-13H2. The second-order valence-electron chi connectivity index (χ2n) is 7.90. The molecule has 0 spiro atoms. The SMILES string of the molecule is FC1(F)CCC(NC2CCN(c3nccc(C4CCOCC4)n3)C2)CC1. The highest BCUT2D eigenvalue weighted by Crippen LogP contribution is 2.33. The molecule has 3 aliphatic rings. The molecule has 2 saturated heterocycles. The van der Waals surface area contributed by atoms with Crippen LogP contribution in [-0.2, 0) is 4.74 Å². The van der Waals surface area contributed by atoms with E-state index < -0.39 is 5.92 Å². The van der Waals surface area contributed by atoms with Crippen molar-refractivity contribution in [1.29, 1.82) is 0 Å². The van der Waals surface area contributed by atoms with E-state index in [1.807, 2.05) is 12.3 Å². The topological polar surface area (TPSA) is 50.3 Å². The highest BCUT2D eigenvalue weighted by Gasteiger charge is 2.36. The summed E-state index contributed by atoms with van der Waals surface area (Å²) in [6.07, 6.45) is 6.07. The van der Waals surface area contributed by atoms with Crippen molar-refractivity contribution in [3.05, 3.63) is 18.0 Å². The van der Waals surface area contributed by atoms with E-state index in [4.69, 9.17) is 9.72 Å². The van der Waals surface area contributed by atoms with Crippen LogP contribution in [0.5, 0.6) is 0 Å². The zero-order valence-electron chi connectivity index (χ0n) is 15.2. The Morgan fingerprint density at radius 2 is 1.85 bits per heavy atom. The average Bonchev–Trinajstić information content (AvgIpc) is 3.13. The summed E-state index contributed by atoms with van der Waals surface area (Å²) in [6, 6.07) is 2.57. The van der Waals surface area contributed by atoms with E-state index in [0.29, 0.717) is 24.8 Å². The molecule has 1 aromatic rings. The van der Waals surface area contributed by atoms with E-state index in [-0.39, 0.29) is 18.9 Å². The van der Waals surface area contributed by atoms with E-state index in [1.54, 1.807) is 0 Å². The van der Waals surface area contributed by atoms with Crippen LogP contribution < -0.4 is 10.2 Å². The lowest BCUT2D eigenvalue weighted by atomic mass is 9.91. The van der Waals surface area contributed by atoms with Crippen LogP contribution in [0.3, 0.4) is 0 Å². The Morgan fingerprint density at radius 1 is 1.08 bits per heavy atom. The predicted octanol–water partition coefficient (Wildman–Crippen LogP) is 3.12. The number of nitrogens with one attached hydrogen (secondary N) is 1. The molecule has 1 saturated carbocycles. The maximum atomic E-state index is 13.3. The summed E-state index contributed by atoms with van der Waals surface area (Å²) < 4.78 is 32.1. The van der Waals surface area contributed by atoms with Crippen molar-refractivity contribution in [2.45, 2.75) is 68.9 Å². The largest absolute Gasteiger partial charge is 0.381 e. The van der Waals surface area contributed by atoms with Gasteiger partial charge in [-0.15, -0.1) is 0 Å². The Hall–Kier alpha value is -1.34. The highest BCUT2D eigenvalue weighted by molar-refractivity contribution is 5.33. The van der Waals surface area contributed by atoms with Crippen molar-refractivity contribution in [3.63, 3.8) is 0 Å². The Kier molecular flexibility index (Phi) is 5.36. The van der Waals surface area contributed by atoms with Gasteiger partial charge in [0.1, 0.15) is 0 Å². The summed E-state index contributed by atoms with van der Waals surface area (Å²) in [5.74, 6) is -1.20. The number of alkyl halides is 2. The van der Waals surface area contributed by atoms with Crippen molar-refractivity contribution in [3.8, 4) is 0 Å². The first-order valence-electron chi connectivity index (χ1n) is 9.89. The molecule has 3 fully saturated rings. The zero-order chi connectivity index (χ0) is 18.0. The van der Waals surface area contributed by atoms with Crippen LogP contribution in [0.2, 0.25) is 0 Å². The predicted molar refractivity (Wildman–Crippen MR) is 95.8 cm³/mol. The first kappa shape index (κ1) is 18.0. The van der Waals surface area contributed by atoms with Gasteiger partial charge in [-0.3, -0.25) is 0 Å². The van der Waals surface area contributed by atoms with E-state index in [9.17, 15) is 8.78 Å². The van der Waals surface area contributed by atoms with Crippen LogP contribution >= 0.6 is 0 Å². The molecule has 1 N–H and O–H groups in total. The molecular formula is C19H28F2N4O. The summed E-state index contributed by atoms with van der Waals surface area (Å²) in [5, 5.41) is 3.59. The molecule has 1 aromatic heterocycles. The van der Waals surface area contributed by atoms with Crippen LogP contribution in [0.1, 0.15) is 56.6 Å². The van der Waals surface area contributed by atoms with Gasteiger partial charge in [-0.1, -0.05) is 0 Å². The summed E-state index contributed by atoms with van der Waals surface area (Å²) >= 11 is 0. The van der Waals surface area contributed by atoms with Crippen molar-refractivity contribution in [1.82, 2.24) is 15.3 Å². The van der Waals surface area contributed by atoms with Gasteiger partial charge in [-0.25, -0.2) is 18.7 Å². The van der Waals surface area contributed by atoms with Crippen molar-refractivity contribution < 1.29 is 13.5 Å². The fraction of sp³-hybridized carbons (Fsp3) is 0.789. The van der Waals surface area contributed by atoms with Crippen LogP contribution in [0.4, 0.5) is 14.7 Å². The molecule has 5 nitrogen and oxygen atoms in total. The number of aromatic nitrogens is 2. The van der Waals surface area contributed by atoms with E-state index in [0.717, 1.165) is 57.2 Å². The molecule has 1 atom stereocenters. The Bertz CT molecular complexity index is 599. The molecule has 0 aromatic carbocycles. The smallest absolute Gasteiger partial charge is 0.248 e. The minimum absolute atomic E-state index is 0.0113. The molecule has 144 valence electrons. The molecule has 0 amide bonds. The molecule has 0 bridgehead atoms. The maximum Gasteiger partial charge on any atom is 0.248 e. The van der Waals surface area contributed by atoms with Crippen molar-refractivity contribution >= 4 is 5.95 Å². The lowest BCUT2D eigenvalue weighted by Gasteiger charge is -2.31. The number of rotatable bonds is 4. The van der Waals surface area contributed by atoms with Crippen molar-refractivity contribution in [2.75, 3.05) is 31.2 Å². The molecule has 7 heteroatoms. The molecule has 1 aliphatic carbocycles. The Morgan fingerprint density at radius 3 is 2.62 bits per heavy atom. The lowest BCUT2D eigenvalue weighted by molar-refractivity contribution is -0.0410. The fourth-order valence-corrected chi connectivity index (χ4v) is 4.35. The first-order valence-corrected chi connectivity index (χ1v) is 9.89. The molecule has 0 radical (unpaired) electrons. The monoisotopic (exact) mass is 366 g/mol. The first-order chi connectivity index (χ1) is 12.6. The number of hydrogen-bond donors (Lipinski definition) is 1. The Labute approximate surface area is 153 Å². The quantitative estimate of drug-likeness (QED) is 0.887. The van der Waals surface area contributed by atoms with Crippen LogP contribution in [-0.4, -0.2) is 54.3 Å². The van der Waals surface area contributed by atoms with Crippen molar-refractivity contribution in [2.24, 2.45) is 0 Å². The Balaban J connectivity index is 1.32. The van der Waals surface area contributed by atoms with Gasteiger partial charge in [-0.2, -0.15) is 0 Å². The summed E-state index contributed by atoms with van der Waals surface area (Å²) in [6.45, 7) is 3.38. The second-order valence-corrected chi connectivity index (χ2v) is 7.90. The number of halogens is 2. The van der Waals surface area contributed by atoms with E-state index in [1.165, 1.54) is 0 Å². The molecule has 26 heavy (non-hydrogen) atoms. The number of ether oxygens (including phenoxy) is 1. The lowest BCUT2D eigenvalue weighted by Crippen LogP contribution is -2.43. The van der Waals surface area contributed by atoms with Gasteiger partial charge in [0.2, 0.25) is 11.9 Å². The molecular weight excluding hydrogens is 338 g/mol. The van der Waals surface area contributed by atoms with Gasteiger partial charge in [0.15, 0.2) is 0 Å². The molecule has 4 rings (SSSR count).